The Labute approximate surface area is 186 Å². The number of ether oxygens (including phenoxy) is 1. The van der Waals surface area contributed by atoms with Crippen LogP contribution < -0.4 is 10.0 Å². The number of nitro benzene ring substituents is 1. The van der Waals surface area contributed by atoms with Crippen molar-refractivity contribution in [2.75, 3.05) is 6.54 Å². The Morgan fingerprint density at radius 1 is 1.12 bits per heavy atom. The second-order valence-corrected chi connectivity index (χ2v) is 9.88. The number of sulfonamides is 1. The van der Waals surface area contributed by atoms with E-state index in [1.165, 1.54) is 0 Å². The third-order valence-corrected chi connectivity index (χ3v) is 5.74. The van der Waals surface area contributed by atoms with Gasteiger partial charge in [0, 0.05) is 18.7 Å². The molecule has 0 saturated heterocycles. The van der Waals surface area contributed by atoms with E-state index in [9.17, 15) is 28.4 Å². The first-order valence-corrected chi connectivity index (χ1v) is 11.3. The van der Waals surface area contributed by atoms with Crippen LogP contribution in [-0.2, 0) is 21.2 Å². The highest BCUT2D eigenvalue weighted by Crippen LogP contribution is 2.16. The second-order valence-electron chi connectivity index (χ2n) is 8.11. The van der Waals surface area contributed by atoms with Crippen LogP contribution in [0.25, 0.3) is 0 Å². The van der Waals surface area contributed by atoms with Crippen LogP contribution in [0.2, 0.25) is 0 Å². The van der Waals surface area contributed by atoms with E-state index < -0.39 is 45.3 Å². The molecule has 0 unspecified atom stereocenters. The van der Waals surface area contributed by atoms with E-state index in [1.807, 2.05) is 30.3 Å². The molecule has 0 fully saturated rings. The van der Waals surface area contributed by atoms with E-state index in [0.29, 0.717) is 0 Å². The first-order valence-electron chi connectivity index (χ1n) is 9.83. The van der Waals surface area contributed by atoms with Gasteiger partial charge in [0.05, 0.1) is 22.0 Å². The lowest BCUT2D eigenvalue weighted by molar-refractivity contribution is -0.384. The topological polar surface area (TPSA) is 148 Å². The smallest absolute Gasteiger partial charge is 0.407 e. The number of non-ortho nitro benzene ring substituents is 1. The van der Waals surface area contributed by atoms with Crippen LogP contribution in [0.3, 0.4) is 0 Å². The lowest BCUT2D eigenvalue weighted by Crippen LogP contribution is -2.50. The quantitative estimate of drug-likeness (QED) is 0.380. The summed E-state index contributed by atoms with van der Waals surface area (Å²) in [5, 5.41) is 24.0. The maximum atomic E-state index is 12.5. The molecule has 0 radical (unpaired) electrons. The van der Waals surface area contributed by atoms with Crippen LogP contribution in [0.5, 0.6) is 0 Å². The summed E-state index contributed by atoms with van der Waals surface area (Å²) < 4.78 is 32.5. The van der Waals surface area contributed by atoms with Crippen LogP contribution in [0, 0.1) is 10.1 Å². The predicted octanol–water partition coefficient (Wildman–Crippen LogP) is 2.37. The van der Waals surface area contributed by atoms with Crippen LogP contribution in [0.4, 0.5) is 10.5 Å². The lowest BCUT2D eigenvalue weighted by Gasteiger charge is -2.27. The maximum Gasteiger partial charge on any atom is 0.407 e. The van der Waals surface area contributed by atoms with Crippen molar-refractivity contribution >= 4 is 21.8 Å². The van der Waals surface area contributed by atoms with Gasteiger partial charge in [-0.3, -0.25) is 10.1 Å². The largest absolute Gasteiger partial charge is 0.444 e. The van der Waals surface area contributed by atoms with Gasteiger partial charge in [-0.25, -0.2) is 17.9 Å². The Bertz CT molecular complexity index is 1020. The Kier molecular flexibility index (Phi) is 8.31. The van der Waals surface area contributed by atoms with Gasteiger partial charge in [0.25, 0.3) is 5.69 Å². The minimum Gasteiger partial charge on any atom is -0.444 e. The minimum absolute atomic E-state index is 0.185. The molecular weight excluding hydrogens is 438 g/mol. The number of alkyl carbamates (subject to hydrolysis) is 1. The van der Waals surface area contributed by atoms with Crippen LogP contribution >= 0.6 is 0 Å². The number of hydrogen-bond acceptors (Lipinski definition) is 7. The Hall–Kier alpha value is -3.02. The molecule has 2 aromatic carbocycles. The molecule has 10 nitrogen and oxygen atoms in total. The normalized spacial score (nSPS) is 13.8. The van der Waals surface area contributed by atoms with Gasteiger partial charge >= 0.3 is 6.09 Å². The van der Waals surface area contributed by atoms with Gasteiger partial charge < -0.3 is 15.2 Å². The van der Waals surface area contributed by atoms with Gasteiger partial charge in [0.15, 0.2) is 0 Å². The number of hydrogen-bond donors (Lipinski definition) is 3. The van der Waals surface area contributed by atoms with Gasteiger partial charge in [0.1, 0.15) is 5.60 Å². The van der Waals surface area contributed by atoms with Crippen molar-refractivity contribution in [1.82, 2.24) is 10.0 Å². The zero-order valence-electron chi connectivity index (χ0n) is 18.0. The molecule has 0 aliphatic carbocycles. The van der Waals surface area contributed by atoms with Crippen molar-refractivity contribution in [3.63, 3.8) is 0 Å². The number of aliphatic hydroxyl groups is 1. The third kappa shape index (κ3) is 7.91. The molecule has 0 aliphatic heterocycles. The molecule has 32 heavy (non-hydrogen) atoms. The number of carbonyl (C=O) groups is 1. The summed E-state index contributed by atoms with van der Waals surface area (Å²) in [5.74, 6) is 0. The van der Waals surface area contributed by atoms with Crippen LogP contribution in [0.15, 0.2) is 59.5 Å². The zero-order valence-corrected chi connectivity index (χ0v) is 18.8. The van der Waals surface area contributed by atoms with Crippen molar-refractivity contribution < 1.29 is 28.0 Å². The summed E-state index contributed by atoms with van der Waals surface area (Å²) in [6.45, 7) is 4.71. The van der Waals surface area contributed by atoms with Gasteiger partial charge in [-0.05, 0) is 44.9 Å². The van der Waals surface area contributed by atoms with Crippen molar-refractivity contribution in [3.05, 3.63) is 70.3 Å². The summed E-state index contributed by atoms with van der Waals surface area (Å²) in [5.41, 5.74) is -0.163. The summed E-state index contributed by atoms with van der Waals surface area (Å²) in [7, 11) is -4.04. The number of nitrogens with zero attached hydrogens (tertiary/aromatic N) is 1. The first kappa shape index (κ1) is 25.2. The second kappa shape index (κ2) is 10.5. The van der Waals surface area contributed by atoms with E-state index in [-0.39, 0.29) is 17.0 Å². The zero-order chi connectivity index (χ0) is 23.9. The molecule has 0 saturated carbocycles. The first-order chi connectivity index (χ1) is 14.9. The fourth-order valence-electron chi connectivity index (χ4n) is 2.78. The molecule has 0 bridgehead atoms. The molecule has 0 aromatic heterocycles. The average molecular weight is 466 g/mol. The predicted molar refractivity (Wildman–Crippen MR) is 118 cm³/mol. The number of nitro groups is 1. The monoisotopic (exact) mass is 465 g/mol. The molecule has 0 aliphatic rings. The minimum atomic E-state index is -4.04. The van der Waals surface area contributed by atoms with Crippen LogP contribution in [0.1, 0.15) is 26.3 Å². The van der Waals surface area contributed by atoms with E-state index in [2.05, 4.69) is 10.0 Å². The van der Waals surface area contributed by atoms with E-state index >= 15 is 0 Å². The Morgan fingerprint density at radius 3 is 2.25 bits per heavy atom. The molecule has 0 spiro atoms. The number of benzene rings is 2. The highest BCUT2D eigenvalue weighted by Gasteiger charge is 2.26. The van der Waals surface area contributed by atoms with Gasteiger partial charge in [-0.2, -0.15) is 0 Å². The lowest BCUT2D eigenvalue weighted by atomic mass is 10.0. The van der Waals surface area contributed by atoms with Gasteiger partial charge in [-0.15, -0.1) is 0 Å². The van der Waals surface area contributed by atoms with Crippen molar-refractivity contribution in [1.29, 1.82) is 0 Å². The van der Waals surface area contributed by atoms with Crippen molar-refractivity contribution in [3.8, 4) is 0 Å². The molecule has 2 aromatic rings. The number of rotatable bonds is 9. The molecule has 1 amide bonds. The molecular formula is C21H27N3O7S. The van der Waals surface area contributed by atoms with Crippen molar-refractivity contribution in [2.45, 2.75) is 49.8 Å². The maximum absolute atomic E-state index is 12.5. The molecule has 174 valence electrons. The van der Waals surface area contributed by atoms with Gasteiger partial charge in [-0.1, -0.05) is 30.3 Å². The van der Waals surface area contributed by atoms with E-state index in [1.54, 1.807) is 20.8 Å². The number of amides is 1. The Morgan fingerprint density at radius 2 is 1.72 bits per heavy atom. The fraction of sp³-hybridized carbons (Fsp3) is 0.381. The molecule has 0 heterocycles. The number of aliphatic hydroxyl groups excluding tert-OH is 1. The van der Waals surface area contributed by atoms with Gasteiger partial charge in [0.2, 0.25) is 10.0 Å². The van der Waals surface area contributed by atoms with E-state index in [0.717, 1.165) is 29.8 Å². The third-order valence-electron chi connectivity index (χ3n) is 4.31. The van der Waals surface area contributed by atoms with E-state index in [4.69, 9.17) is 4.74 Å². The summed E-state index contributed by atoms with van der Waals surface area (Å²) in [6, 6.07) is 12.6. The molecule has 2 atom stereocenters. The standard InChI is InChI=1S/C21H27N3O7S/c1-21(2,3)31-20(26)23-18(13-15-7-5-4-6-8-15)19(25)14-22-32(29,30)17-11-9-16(10-12-17)24(27)28/h4-12,18-19,22,25H,13-14H2,1-3H3,(H,23,26)/t18-,19-/m0/s1. The highest BCUT2D eigenvalue weighted by atomic mass is 32.2. The number of nitrogens with one attached hydrogen (secondary N) is 2. The summed E-state index contributed by atoms with van der Waals surface area (Å²) >= 11 is 0. The number of carbonyl (C=O) groups excluding carboxylic acids is 1. The summed E-state index contributed by atoms with van der Waals surface area (Å²) in [4.78, 5) is 22.2. The average Bonchev–Trinajstić information content (AvgIpc) is 2.71. The fourth-order valence-corrected chi connectivity index (χ4v) is 3.83. The molecule has 3 N–H and O–H groups in total. The SMILES string of the molecule is CC(C)(C)OC(=O)N[C@@H](Cc1ccccc1)[C@@H](O)CNS(=O)(=O)c1ccc([N+](=O)[O-])cc1. The van der Waals surface area contributed by atoms with Crippen LogP contribution in [-0.4, -0.2) is 48.8 Å². The summed E-state index contributed by atoms with van der Waals surface area (Å²) in [6.07, 6.45) is -1.79. The molecule has 11 heteroatoms. The highest BCUT2D eigenvalue weighted by molar-refractivity contribution is 7.89. The molecule has 2 rings (SSSR count). The van der Waals surface area contributed by atoms with Crippen molar-refractivity contribution in [2.24, 2.45) is 0 Å². The Balaban J connectivity index is 2.11.